The van der Waals surface area contributed by atoms with Crippen LogP contribution in [0.1, 0.15) is 54.4 Å². The van der Waals surface area contributed by atoms with Gasteiger partial charge >= 0.3 is 0 Å². The van der Waals surface area contributed by atoms with Gasteiger partial charge in [-0.25, -0.2) is 0 Å². The first kappa shape index (κ1) is 14.9. The normalized spacial score (nSPS) is 13.7. The molecule has 0 aromatic heterocycles. The molecule has 0 saturated heterocycles. The number of hydrogen-bond donors (Lipinski definition) is 0. The van der Waals surface area contributed by atoms with E-state index < -0.39 is 0 Å². The summed E-state index contributed by atoms with van der Waals surface area (Å²) < 4.78 is 1.32. The summed E-state index contributed by atoms with van der Waals surface area (Å²) in [5.74, 6) is 0. The molecule has 0 rings (SSSR count). The van der Waals surface area contributed by atoms with Crippen LogP contribution in [0.2, 0.25) is 16.1 Å². The van der Waals surface area contributed by atoms with Crippen LogP contribution < -0.4 is 0 Å². The SMILES string of the molecule is CC(C)(C)[Si](CCCCI)C(C)(C)C. The molecule has 0 bridgehead atoms. The molecule has 85 valence electrons. The lowest BCUT2D eigenvalue weighted by atomic mass is 10.2. The van der Waals surface area contributed by atoms with Gasteiger partial charge in [0.2, 0.25) is 0 Å². The van der Waals surface area contributed by atoms with Crippen LogP contribution >= 0.6 is 22.6 Å². The Kier molecular flexibility index (Phi) is 6.27. The van der Waals surface area contributed by atoms with Crippen molar-refractivity contribution >= 4 is 31.4 Å². The quantitative estimate of drug-likeness (QED) is 0.285. The second-order valence-electron chi connectivity index (χ2n) is 6.12. The highest BCUT2D eigenvalue weighted by Crippen LogP contribution is 2.44. The van der Waals surface area contributed by atoms with Crippen molar-refractivity contribution in [3.8, 4) is 0 Å². The van der Waals surface area contributed by atoms with E-state index in [4.69, 9.17) is 0 Å². The minimum Gasteiger partial charge on any atom is -0.0864 e. The van der Waals surface area contributed by atoms with Crippen molar-refractivity contribution < 1.29 is 0 Å². The van der Waals surface area contributed by atoms with E-state index in [0.717, 1.165) is 0 Å². The monoisotopic (exact) mass is 325 g/mol. The summed E-state index contributed by atoms with van der Waals surface area (Å²) in [6.07, 6.45) is 2.84. The minimum atomic E-state index is -0.251. The first-order chi connectivity index (χ1) is 6.19. The first-order valence-electron chi connectivity index (χ1n) is 5.62. The molecule has 0 spiro atoms. The van der Waals surface area contributed by atoms with E-state index in [1.54, 1.807) is 0 Å². The van der Waals surface area contributed by atoms with Crippen molar-refractivity contribution in [1.82, 2.24) is 0 Å². The van der Waals surface area contributed by atoms with Crippen LogP contribution in [-0.4, -0.2) is 13.2 Å². The molecule has 0 saturated carbocycles. The molecule has 2 heteroatoms. The average molecular weight is 325 g/mol. The maximum absolute atomic E-state index is 2.49. The zero-order valence-electron chi connectivity index (χ0n) is 10.7. The molecule has 1 radical (unpaired) electrons. The van der Waals surface area contributed by atoms with Crippen LogP contribution in [0.4, 0.5) is 0 Å². The number of rotatable bonds is 4. The molecule has 0 atom stereocenters. The van der Waals surface area contributed by atoms with Crippen molar-refractivity contribution in [2.75, 3.05) is 4.43 Å². The van der Waals surface area contributed by atoms with Gasteiger partial charge in [-0.05, 0) is 20.9 Å². The van der Waals surface area contributed by atoms with Crippen LogP contribution in [0.3, 0.4) is 0 Å². The van der Waals surface area contributed by atoms with Crippen LogP contribution in [0.5, 0.6) is 0 Å². The van der Waals surface area contributed by atoms with Crippen LogP contribution in [0.15, 0.2) is 0 Å². The molecular weight excluding hydrogens is 299 g/mol. The highest BCUT2D eigenvalue weighted by molar-refractivity contribution is 14.1. The van der Waals surface area contributed by atoms with E-state index in [1.807, 2.05) is 0 Å². The predicted molar refractivity (Wildman–Crippen MR) is 78.1 cm³/mol. The molecule has 0 aliphatic carbocycles. The molecule has 0 unspecified atom stereocenters. The van der Waals surface area contributed by atoms with Gasteiger partial charge < -0.3 is 0 Å². The predicted octanol–water partition coefficient (Wildman–Crippen LogP) is 5.30. The lowest BCUT2D eigenvalue weighted by Crippen LogP contribution is -2.34. The summed E-state index contributed by atoms with van der Waals surface area (Å²) in [6, 6.07) is 1.49. The number of hydrogen-bond acceptors (Lipinski definition) is 0. The summed E-state index contributed by atoms with van der Waals surface area (Å²) in [6.45, 7) is 14.6. The Bertz CT molecular complexity index is 139. The molecule has 0 aromatic carbocycles. The lowest BCUT2D eigenvalue weighted by molar-refractivity contribution is 0.629. The van der Waals surface area contributed by atoms with E-state index in [-0.39, 0.29) is 8.80 Å². The Morgan fingerprint density at radius 1 is 0.857 bits per heavy atom. The summed E-state index contributed by atoms with van der Waals surface area (Å²) in [7, 11) is -0.251. The summed E-state index contributed by atoms with van der Waals surface area (Å²) in [4.78, 5) is 0. The van der Waals surface area contributed by atoms with Gasteiger partial charge in [-0.1, -0.05) is 76.6 Å². The van der Waals surface area contributed by atoms with Gasteiger partial charge in [0.25, 0.3) is 0 Å². The third-order valence-corrected chi connectivity index (χ3v) is 7.86. The van der Waals surface area contributed by atoms with E-state index in [9.17, 15) is 0 Å². The van der Waals surface area contributed by atoms with Gasteiger partial charge in [0.05, 0.1) is 8.80 Å². The van der Waals surface area contributed by atoms with Crippen molar-refractivity contribution in [2.45, 2.75) is 70.5 Å². The maximum atomic E-state index is 2.49. The molecular formula is C12H26ISi. The molecule has 0 aliphatic heterocycles. The Morgan fingerprint density at radius 2 is 1.29 bits per heavy atom. The number of halogens is 1. The molecule has 0 heterocycles. The Labute approximate surface area is 106 Å². The maximum Gasteiger partial charge on any atom is 0.0595 e. The highest BCUT2D eigenvalue weighted by atomic mass is 127. The molecule has 0 aliphatic rings. The van der Waals surface area contributed by atoms with Gasteiger partial charge in [-0.2, -0.15) is 0 Å². The number of unbranched alkanes of at least 4 members (excludes halogenated alkanes) is 1. The van der Waals surface area contributed by atoms with Gasteiger partial charge in [0.15, 0.2) is 0 Å². The minimum absolute atomic E-state index is 0.251. The fraction of sp³-hybridized carbons (Fsp3) is 1.00. The fourth-order valence-corrected chi connectivity index (χ4v) is 7.16. The lowest BCUT2D eigenvalue weighted by Gasteiger charge is -2.39. The van der Waals surface area contributed by atoms with E-state index in [2.05, 4.69) is 64.1 Å². The van der Waals surface area contributed by atoms with Crippen molar-refractivity contribution in [3.05, 3.63) is 0 Å². The average Bonchev–Trinajstić information content (AvgIpc) is 1.92. The molecule has 0 aromatic rings. The highest BCUT2D eigenvalue weighted by Gasteiger charge is 2.35. The molecule has 0 amide bonds. The summed E-state index contributed by atoms with van der Waals surface area (Å²) in [5, 5.41) is 1.10. The van der Waals surface area contributed by atoms with E-state index in [0.29, 0.717) is 10.1 Å². The van der Waals surface area contributed by atoms with Crippen molar-refractivity contribution in [3.63, 3.8) is 0 Å². The zero-order valence-corrected chi connectivity index (χ0v) is 13.9. The summed E-state index contributed by atoms with van der Waals surface area (Å²) >= 11 is 2.49. The Hall–Kier alpha value is 0.947. The summed E-state index contributed by atoms with van der Waals surface area (Å²) in [5.41, 5.74) is 0. The standard InChI is InChI=1S/C12H26ISi/c1-11(2,3)14(12(4,5)6)10-8-7-9-13/h7-10H2,1-6H3. The van der Waals surface area contributed by atoms with Crippen LogP contribution in [-0.2, 0) is 0 Å². The van der Waals surface area contributed by atoms with Crippen molar-refractivity contribution in [1.29, 1.82) is 0 Å². The first-order valence-corrected chi connectivity index (χ1v) is 8.85. The van der Waals surface area contributed by atoms with Gasteiger partial charge in [0, 0.05) is 0 Å². The van der Waals surface area contributed by atoms with E-state index in [1.165, 1.54) is 23.3 Å². The van der Waals surface area contributed by atoms with Gasteiger partial charge in [0.1, 0.15) is 0 Å². The zero-order chi connectivity index (χ0) is 11.4. The van der Waals surface area contributed by atoms with Crippen molar-refractivity contribution in [2.24, 2.45) is 0 Å². The Balaban J connectivity index is 4.28. The third-order valence-electron chi connectivity index (χ3n) is 2.62. The van der Waals surface area contributed by atoms with Gasteiger partial charge in [-0.3, -0.25) is 0 Å². The fourth-order valence-electron chi connectivity index (χ4n) is 2.27. The molecule has 14 heavy (non-hydrogen) atoms. The van der Waals surface area contributed by atoms with Crippen LogP contribution in [0, 0.1) is 0 Å². The number of alkyl halides is 1. The molecule has 0 N–H and O–H groups in total. The van der Waals surface area contributed by atoms with Crippen LogP contribution in [0.25, 0.3) is 0 Å². The third kappa shape index (κ3) is 5.74. The smallest absolute Gasteiger partial charge is 0.0595 e. The van der Waals surface area contributed by atoms with Gasteiger partial charge in [-0.15, -0.1) is 0 Å². The molecule has 0 fully saturated rings. The Morgan fingerprint density at radius 3 is 1.57 bits per heavy atom. The largest absolute Gasteiger partial charge is 0.0864 e. The second-order valence-corrected chi connectivity index (χ2v) is 11.7. The van der Waals surface area contributed by atoms with E-state index >= 15 is 0 Å². The topological polar surface area (TPSA) is 0 Å². The second kappa shape index (κ2) is 5.88. The molecule has 0 nitrogen and oxygen atoms in total.